The summed E-state index contributed by atoms with van der Waals surface area (Å²) in [5, 5.41) is 3.98. The first-order valence-corrected chi connectivity index (χ1v) is 10.6. The van der Waals surface area contributed by atoms with Crippen LogP contribution in [0.5, 0.6) is 0 Å². The molecule has 0 aromatic rings. The van der Waals surface area contributed by atoms with Gasteiger partial charge in [0.2, 0.25) is 0 Å². The topological polar surface area (TPSA) is 85.7 Å². The first kappa shape index (κ1) is 17.7. The third-order valence-corrected chi connectivity index (χ3v) is 9.21. The van der Waals surface area contributed by atoms with Crippen LogP contribution in [0.2, 0.25) is 18.1 Å². The number of fused-ring (bicyclic) bond motifs is 1. The van der Waals surface area contributed by atoms with Crippen molar-refractivity contribution in [3.05, 3.63) is 10.4 Å². The minimum absolute atomic E-state index is 0.116. The molecule has 2 rings (SSSR count). The van der Waals surface area contributed by atoms with E-state index in [2.05, 4.69) is 43.9 Å². The SMILES string of the molecule is CC1(C)O[C@H]2OC(CO[Si](C)(C)C(C)(C)C)C(N=[N+]=[N-])[C@H]2O1. The molecular weight excluding hydrogens is 302 g/mol. The molecule has 0 aromatic heterocycles. The van der Waals surface area contributed by atoms with E-state index in [-0.39, 0.29) is 17.2 Å². The summed E-state index contributed by atoms with van der Waals surface area (Å²) in [5.41, 5.74) is 8.83. The zero-order valence-corrected chi connectivity index (χ0v) is 15.5. The van der Waals surface area contributed by atoms with Crippen LogP contribution in [-0.4, -0.2) is 45.3 Å². The van der Waals surface area contributed by atoms with E-state index in [9.17, 15) is 0 Å². The van der Waals surface area contributed by atoms with Crippen LogP contribution in [-0.2, 0) is 18.6 Å². The van der Waals surface area contributed by atoms with Crippen molar-refractivity contribution in [3.8, 4) is 0 Å². The van der Waals surface area contributed by atoms with E-state index in [1.807, 2.05) is 13.8 Å². The number of rotatable bonds is 4. The quantitative estimate of drug-likeness (QED) is 0.341. The Morgan fingerprint density at radius 3 is 2.45 bits per heavy atom. The highest BCUT2D eigenvalue weighted by Gasteiger charge is 2.55. The zero-order valence-electron chi connectivity index (χ0n) is 14.5. The molecular formula is C14H27N3O4Si. The van der Waals surface area contributed by atoms with Gasteiger partial charge in [0, 0.05) is 4.91 Å². The van der Waals surface area contributed by atoms with Gasteiger partial charge in [-0.3, -0.25) is 0 Å². The fraction of sp³-hybridized carbons (Fsp3) is 1.00. The van der Waals surface area contributed by atoms with Crippen molar-refractivity contribution in [3.63, 3.8) is 0 Å². The molecule has 22 heavy (non-hydrogen) atoms. The molecule has 0 saturated carbocycles. The second-order valence-electron chi connectivity index (χ2n) is 7.91. The Bertz CT molecular complexity index is 471. The third-order valence-electron chi connectivity index (χ3n) is 4.71. The maximum Gasteiger partial charge on any atom is 0.192 e. The molecule has 0 amide bonds. The van der Waals surface area contributed by atoms with E-state index in [0.717, 1.165) is 0 Å². The summed E-state index contributed by atoms with van der Waals surface area (Å²) in [6, 6.07) is -0.429. The first-order valence-electron chi connectivity index (χ1n) is 7.66. The van der Waals surface area contributed by atoms with Gasteiger partial charge in [0.1, 0.15) is 6.10 Å². The van der Waals surface area contributed by atoms with Crippen LogP contribution in [0.25, 0.3) is 10.4 Å². The number of azide groups is 1. The van der Waals surface area contributed by atoms with Gasteiger partial charge in [-0.05, 0) is 37.5 Å². The Morgan fingerprint density at radius 2 is 1.91 bits per heavy atom. The standard InChI is InChI=1S/C14H27N3O4Si/c1-13(2,3)22(6,7)18-8-9-10(16-17-15)11-12(19-9)21-14(4,5)20-11/h9-12H,8H2,1-7H3/t9?,10?,11-,12-/m1/s1. The number of hydrogen-bond acceptors (Lipinski definition) is 5. The highest BCUT2D eigenvalue weighted by atomic mass is 28.4. The molecule has 7 nitrogen and oxygen atoms in total. The van der Waals surface area contributed by atoms with Crippen molar-refractivity contribution < 1.29 is 18.6 Å². The maximum absolute atomic E-state index is 8.83. The Labute approximate surface area is 133 Å². The summed E-state index contributed by atoms with van der Waals surface area (Å²) in [4.78, 5) is 2.93. The molecule has 8 heteroatoms. The minimum Gasteiger partial charge on any atom is -0.414 e. The second-order valence-corrected chi connectivity index (χ2v) is 12.7. The molecule has 4 atom stereocenters. The predicted octanol–water partition coefficient (Wildman–Crippen LogP) is 3.56. The largest absolute Gasteiger partial charge is 0.414 e. The summed E-state index contributed by atoms with van der Waals surface area (Å²) < 4.78 is 23.6. The molecule has 0 aliphatic carbocycles. The van der Waals surface area contributed by atoms with Crippen LogP contribution in [0.1, 0.15) is 34.6 Å². The van der Waals surface area contributed by atoms with Crippen molar-refractivity contribution in [2.75, 3.05) is 6.61 Å². The van der Waals surface area contributed by atoms with Gasteiger partial charge >= 0.3 is 0 Å². The molecule has 2 heterocycles. The molecule has 0 radical (unpaired) electrons. The van der Waals surface area contributed by atoms with Gasteiger partial charge in [-0.2, -0.15) is 0 Å². The monoisotopic (exact) mass is 329 g/mol. The molecule has 2 aliphatic rings. The smallest absolute Gasteiger partial charge is 0.192 e. The minimum atomic E-state index is -1.89. The molecule has 0 spiro atoms. The van der Waals surface area contributed by atoms with E-state index in [1.54, 1.807) is 0 Å². The van der Waals surface area contributed by atoms with Crippen LogP contribution in [0.3, 0.4) is 0 Å². The van der Waals surface area contributed by atoms with Crippen molar-refractivity contribution >= 4 is 8.32 Å². The number of nitrogens with zero attached hydrogens (tertiary/aromatic N) is 3. The highest BCUT2D eigenvalue weighted by molar-refractivity contribution is 6.74. The number of ether oxygens (including phenoxy) is 3. The van der Waals surface area contributed by atoms with Gasteiger partial charge in [0.25, 0.3) is 0 Å². The summed E-state index contributed by atoms with van der Waals surface area (Å²) in [6.45, 7) is 14.9. The van der Waals surface area contributed by atoms with Crippen LogP contribution in [0.15, 0.2) is 5.11 Å². The predicted molar refractivity (Wildman–Crippen MR) is 84.8 cm³/mol. The Balaban J connectivity index is 2.05. The lowest BCUT2D eigenvalue weighted by atomic mass is 10.1. The lowest BCUT2D eigenvalue weighted by Gasteiger charge is -2.37. The average molecular weight is 329 g/mol. The van der Waals surface area contributed by atoms with E-state index < -0.39 is 26.4 Å². The fourth-order valence-corrected chi connectivity index (χ4v) is 3.42. The molecule has 0 bridgehead atoms. The summed E-state index contributed by atoms with van der Waals surface area (Å²) in [5.74, 6) is -0.718. The van der Waals surface area contributed by atoms with Gasteiger partial charge in [-0.1, -0.05) is 25.9 Å². The summed E-state index contributed by atoms with van der Waals surface area (Å²) in [7, 11) is -1.89. The molecule has 2 fully saturated rings. The van der Waals surface area contributed by atoms with E-state index in [4.69, 9.17) is 24.2 Å². The van der Waals surface area contributed by atoms with E-state index in [1.165, 1.54) is 0 Å². The Hall–Kier alpha value is -0.633. The van der Waals surface area contributed by atoms with Gasteiger partial charge in [0.15, 0.2) is 20.4 Å². The van der Waals surface area contributed by atoms with Crippen molar-refractivity contribution in [1.29, 1.82) is 0 Å². The van der Waals surface area contributed by atoms with Crippen LogP contribution < -0.4 is 0 Å². The molecule has 0 aromatic carbocycles. The van der Waals surface area contributed by atoms with Gasteiger partial charge < -0.3 is 18.6 Å². The number of hydrogen-bond donors (Lipinski definition) is 0. The summed E-state index contributed by atoms with van der Waals surface area (Å²) >= 11 is 0. The van der Waals surface area contributed by atoms with Crippen molar-refractivity contribution in [2.24, 2.45) is 5.11 Å². The Morgan fingerprint density at radius 1 is 1.27 bits per heavy atom. The lowest BCUT2D eigenvalue weighted by Crippen LogP contribution is -2.44. The molecule has 2 unspecified atom stereocenters. The van der Waals surface area contributed by atoms with Gasteiger partial charge in [0.05, 0.1) is 18.8 Å². The zero-order chi connectivity index (χ0) is 16.8. The fourth-order valence-electron chi connectivity index (χ4n) is 2.40. The molecule has 2 aliphatic heterocycles. The van der Waals surface area contributed by atoms with Crippen molar-refractivity contribution in [1.82, 2.24) is 0 Å². The van der Waals surface area contributed by atoms with E-state index >= 15 is 0 Å². The Kier molecular flexibility index (Phi) is 4.65. The molecule has 126 valence electrons. The van der Waals surface area contributed by atoms with E-state index in [0.29, 0.717) is 6.61 Å². The van der Waals surface area contributed by atoms with Gasteiger partial charge in [-0.25, -0.2) is 0 Å². The van der Waals surface area contributed by atoms with Crippen LogP contribution in [0.4, 0.5) is 0 Å². The average Bonchev–Trinajstić information content (AvgIpc) is 2.79. The summed E-state index contributed by atoms with van der Waals surface area (Å²) in [6.07, 6.45) is -1.21. The normalized spacial score (nSPS) is 34.3. The third kappa shape index (κ3) is 3.47. The maximum atomic E-state index is 8.83. The molecule has 2 saturated heterocycles. The lowest BCUT2D eigenvalue weighted by molar-refractivity contribution is -0.208. The van der Waals surface area contributed by atoms with Crippen LogP contribution in [0, 0.1) is 0 Å². The highest BCUT2D eigenvalue weighted by Crippen LogP contribution is 2.41. The van der Waals surface area contributed by atoms with Crippen LogP contribution >= 0.6 is 0 Å². The second kappa shape index (κ2) is 5.78. The molecule has 0 N–H and O–H groups in total. The van der Waals surface area contributed by atoms with Crippen molar-refractivity contribution in [2.45, 2.75) is 83.1 Å². The first-order chi connectivity index (χ1) is 9.97. The van der Waals surface area contributed by atoms with Gasteiger partial charge in [-0.15, -0.1) is 0 Å².